The maximum atomic E-state index is 13.5. The minimum atomic E-state index is -1.61. The van der Waals surface area contributed by atoms with Crippen LogP contribution in [0, 0.1) is 5.82 Å². The van der Waals surface area contributed by atoms with Crippen LogP contribution in [0.4, 0.5) is 4.39 Å². The fraction of sp³-hybridized carbons (Fsp3) is 0.318. The van der Waals surface area contributed by atoms with Crippen LogP contribution < -0.4 is 10.5 Å². The van der Waals surface area contributed by atoms with Crippen molar-refractivity contribution in [1.82, 2.24) is 0 Å². The number of para-hydroxylation sites is 1. The van der Waals surface area contributed by atoms with Crippen molar-refractivity contribution in [2.75, 3.05) is 7.11 Å². The molecule has 27 heavy (non-hydrogen) atoms. The molecule has 0 amide bonds. The average molecular weight is 371 g/mol. The van der Waals surface area contributed by atoms with Gasteiger partial charge in [0.2, 0.25) is 0 Å². The fourth-order valence-electron chi connectivity index (χ4n) is 2.99. The molecule has 2 aromatic carbocycles. The van der Waals surface area contributed by atoms with Crippen LogP contribution in [0.1, 0.15) is 37.8 Å². The van der Waals surface area contributed by atoms with Crippen molar-refractivity contribution in [1.29, 1.82) is 0 Å². The van der Waals surface area contributed by atoms with Gasteiger partial charge in [-0.2, -0.15) is 0 Å². The van der Waals surface area contributed by atoms with Crippen LogP contribution in [0.5, 0.6) is 5.75 Å². The summed E-state index contributed by atoms with van der Waals surface area (Å²) < 4.78 is 24.5. The lowest BCUT2D eigenvalue weighted by molar-refractivity contribution is -0.162. The number of esters is 1. The summed E-state index contributed by atoms with van der Waals surface area (Å²) in [5.41, 5.74) is 5.46. The Morgan fingerprint density at radius 1 is 1.15 bits per heavy atom. The van der Waals surface area contributed by atoms with E-state index in [0.29, 0.717) is 16.9 Å². The van der Waals surface area contributed by atoms with E-state index in [-0.39, 0.29) is 0 Å². The quantitative estimate of drug-likeness (QED) is 0.607. The summed E-state index contributed by atoms with van der Waals surface area (Å²) >= 11 is 0. The molecule has 0 fully saturated rings. The molecular weight excluding hydrogens is 345 g/mol. The van der Waals surface area contributed by atoms with E-state index in [1.54, 1.807) is 40.0 Å². The van der Waals surface area contributed by atoms with Gasteiger partial charge in [-0.25, -0.2) is 9.18 Å². The normalized spacial score (nSPS) is 14.7. The minimum Gasteiger partial charge on any atom is -0.496 e. The van der Waals surface area contributed by atoms with Crippen molar-refractivity contribution in [3.63, 3.8) is 0 Å². The Bertz CT molecular complexity index is 811. The number of methoxy groups -OCH3 is 1. The largest absolute Gasteiger partial charge is 0.496 e. The Labute approximate surface area is 159 Å². The summed E-state index contributed by atoms with van der Waals surface area (Å²) in [7, 11) is 1.54. The summed E-state index contributed by atoms with van der Waals surface area (Å²) in [5.74, 6) is -1.13. The molecule has 2 rings (SSSR count). The number of rotatable bonds is 6. The van der Waals surface area contributed by atoms with Gasteiger partial charge in [-0.15, -0.1) is 6.58 Å². The van der Waals surface area contributed by atoms with Crippen molar-refractivity contribution in [3.05, 3.63) is 78.1 Å². The van der Waals surface area contributed by atoms with Gasteiger partial charge < -0.3 is 15.2 Å². The maximum Gasteiger partial charge on any atom is 0.332 e. The number of carbonyl (C=O) groups is 1. The third kappa shape index (κ3) is 4.37. The van der Waals surface area contributed by atoms with Crippen molar-refractivity contribution in [2.45, 2.75) is 37.8 Å². The molecule has 2 aromatic rings. The first-order valence-corrected chi connectivity index (χ1v) is 8.67. The molecule has 0 aliphatic carbocycles. The van der Waals surface area contributed by atoms with Gasteiger partial charge in [0.1, 0.15) is 17.2 Å². The van der Waals surface area contributed by atoms with Crippen LogP contribution in [0.2, 0.25) is 0 Å². The third-order valence-electron chi connectivity index (χ3n) is 4.26. The molecule has 0 saturated carbocycles. The summed E-state index contributed by atoms with van der Waals surface area (Å²) in [4.78, 5) is 13.2. The number of carbonyl (C=O) groups excluding carboxylic acids is 1. The number of halogens is 1. The van der Waals surface area contributed by atoms with Crippen molar-refractivity contribution in [2.24, 2.45) is 5.73 Å². The maximum absolute atomic E-state index is 13.5. The Morgan fingerprint density at radius 3 is 2.26 bits per heavy atom. The molecule has 4 nitrogen and oxygen atoms in total. The predicted molar refractivity (Wildman–Crippen MR) is 104 cm³/mol. The van der Waals surface area contributed by atoms with E-state index in [1.165, 1.54) is 24.3 Å². The highest BCUT2D eigenvalue weighted by Crippen LogP contribution is 2.41. The van der Waals surface area contributed by atoms with E-state index < -0.39 is 28.8 Å². The molecule has 0 spiro atoms. The first-order chi connectivity index (χ1) is 12.6. The fourth-order valence-corrected chi connectivity index (χ4v) is 2.99. The molecule has 0 heterocycles. The Balaban J connectivity index is 2.68. The number of nitrogens with two attached hydrogens (primary N) is 1. The van der Waals surface area contributed by atoms with Crippen LogP contribution in [0.3, 0.4) is 0 Å². The molecule has 2 N–H and O–H groups in total. The second-order valence-corrected chi connectivity index (χ2v) is 7.33. The Hall–Kier alpha value is -2.66. The van der Waals surface area contributed by atoms with E-state index in [0.717, 1.165) is 0 Å². The Morgan fingerprint density at radius 2 is 1.74 bits per heavy atom. The molecule has 0 unspecified atom stereocenters. The topological polar surface area (TPSA) is 61.5 Å². The standard InChI is InChI=1S/C22H26FNO3/c1-6-18(17-9-7-8-10-19(17)26-5)22(24,20(25)27-21(2,3)4)15-11-13-16(23)14-12-15/h6-14,18H,1,24H2,2-5H3/t18-,22+/m0/s1. The van der Waals surface area contributed by atoms with Crippen LogP contribution in [-0.4, -0.2) is 18.7 Å². The summed E-state index contributed by atoms with van der Waals surface area (Å²) in [6, 6.07) is 12.8. The van der Waals surface area contributed by atoms with Crippen molar-refractivity contribution < 1.29 is 18.7 Å². The van der Waals surface area contributed by atoms with Crippen LogP contribution in [-0.2, 0) is 15.1 Å². The average Bonchev–Trinajstić information content (AvgIpc) is 2.61. The van der Waals surface area contributed by atoms with E-state index >= 15 is 0 Å². The summed E-state index contributed by atoms with van der Waals surface area (Å²) in [6.45, 7) is 9.18. The zero-order valence-electron chi connectivity index (χ0n) is 16.2. The zero-order chi connectivity index (χ0) is 20.2. The van der Waals surface area contributed by atoms with Gasteiger partial charge in [0.05, 0.1) is 7.11 Å². The molecule has 2 atom stereocenters. The molecular formula is C22H26FNO3. The van der Waals surface area contributed by atoms with Gasteiger partial charge in [0.25, 0.3) is 0 Å². The van der Waals surface area contributed by atoms with Gasteiger partial charge in [0, 0.05) is 11.5 Å². The monoisotopic (exact) mass is 371 g/mol. The SMILES string of the molecule is C=C[C@@H](c1ccccc1OC)[C@@](N)(C(=O)OC(C)(C)C)c1ccc(F)cc1. The second-order valence-electron chi connectivity index (χ2n) is 7.33. The lowest BCUT2D eigenvalue weighted by Crippen LogP contribution is -2.52. The van der Waals surface area contributed by atoms with Gasteiger partial charge in [-0.1, -0.05) is 36.4 Å². The van der Waals surface area contributed by atoms with E-state index in [4.69, 9.17) is 15.2 Å². The van der Waals surface area contributed by atoms with Crippen LogP contribution in [0.15, 0.2) is 61.2 Å². The van der Waals surface area contributed by atoms with Crippen LogP contribution >= 0.6 is 0 Å². The zero-order valence-corrected chi connectivity index (χ0v) is 16.2. The minimum absolute atomic E-state index is 0.419. The first kappa shape index (κ1) is 20.6. The van der Waals surface area contributed by atoms with Gasteiger partial charge in [0.15, 0.2) is 5.54 Å². The van der Waals surface area contributed by atoms with Crippen molar-refractivity contribution >= 4 is 5.97 Å². The number of hydrogen-bond acceptors (Lipinski definition) is 4. The molecule has 0 aliphatic heterocycles. The molecule has 0 bridgehead atoms. The first-order valence-electron chi connectivity index (χ1n) is 8.67. The van der Waals surface area contributed by atoms with E-state index in [1.807, 2.05) is 18.2 Å². The predicted octanol–water partition coefficient (Wildman–Crippen LogP) is 4.30. The molecule has 0 radical (unpaired) electrons. The molecule has 0 aromatic heterocycles. The van der Waals surface area contributed by atoms with Gasteiger partial charge in [-0.05, 0) is 44.5 Å². The summed E-state index contributed by atoms with van der Waals surface area (Å²) in [6.07, 6.45) is 1.59. The molecule has 0 aliphatic rings. The lowest BCUT2D eigenvalue weighted by Gasteiger charge is -2.37. The van der Waals surface area contributed by atoms with Gasteiger partial charge in [-0.3, -0.25) is 0 Å². The number of hydrogen-bond donors (Lipinski definition) is 1. The van der Waals surface area contributed by atoms with Crippen LogP contribution in [0.25, 0.3) is 0 Å². The molecule has 0 saturated heterocycles. The summed E-state index contributed by atoms with van der Waals surface area (Å²) in [5, 5.41) is 0. The van der Waals surface area contributed by atoms with Crippen molar-refractivity contribution in [3.8, 4) is 5.75 Å². The molecule has 144 valence electrons. The van der Waals surface area contributed by atoms with E-state index in [9.17, 15) is 9.18 Å². The number of benzene rings is 2. The lowest BCUT2D eigenvalue weighted by atomic mass is 9.74. The second kappa shape index (κ2) is 7.92. The number of ether oxygens (including phenoxy) is 2. The molecule has 5 heteroatoms. The highest BCUT2D eigenvalue weighted by atomic mass is 19.1. The van der Waals surface area contributed by atoms with E-state index in [2.05, 4.69) is 6.58 Å². The smallest absolute Gasteiger partial charge is 0.332 e. The highest BCUT2D eigenvalue weighted by molar-refractivity contribution is 5.85. The van der Waals surface area contributed by atoms with Gasteiger partial charge >= 0.3 is 5.97 Å². The Kier molecular flexibility index (Phi) is 6.06. The highest BCUT2D eigenvalue weighted by Gasteiger charge is 2.47. The third-order valence-corrected chi connectivity index (χ3v) is 4.26.